The minimum atomic E-state index is -0.179. The molecule has 7 heteroatoms. The van der Waals surface area contributed by atoms with Crippen LogP contribution in [0.5, 0.6) is 0 Å². The largest absolute Gasteiger partial charge is 0.350 e. The van der Waals surface area contributed by atoms with Gasteiger partial charge in [-0.3, -0.25) is 14.4 Å². The lowest BCUT2D eigenvalue weighted by Gasteiger charge is -2.33. The van der Waals surface area contributed by atoms with Gasteiger partial charge in [-0.25, -0.2) is 0 Å². The highest BCUT2D eigenvalue weighted by Gasteiger charge is 2.25. The highest BCUT2D eigenvalue weighted by Crippen LogP contribution is 2.16. The summed E-state index contributed by atoms with van der Waals surface area (Å²) in [7, 11) is 1.69. The molecule has 0 aliphatic carbocycles. The monoisotopic (exact) mass is 466 g/mol. The van der Waals surface area contributed by atoms with Gasteiger partial charge in [-0.05, 0) is 59.0 Å². The third-order valence-electron chi connectivity index (χ3n) is 5.88. The minimum Gasteiger partial charge on any atom is -0.350 e. The zero-order valence-corrected chi connectivity index (χ0v) is 22.5. The van der Waals surface area contributed by atoms with Crippen LogP contribution in [0.3, 0.4) is 0 Å². The van der Waals surface area contributed by atoms with E-state index in [0.717, 1.165) is 25.6 Å². The molecule has 0 saturated carbocycles. The first-order valence-electron chi connectivity index (χ1n) is 12.7. The highest BCUT2D eigenvalue weighted by atomic mass is 16.2. The van der Waals surface area contributed by atoms with Crippen LogP contribution in [0.4, 0.5) is 0 Å². The summed E-state index contributed by atoms with van der Waals surface area (Å²) in [5, 5.41) is 2.37. The summed E-state index contributed by atoms with van der Waals surface area (Å²) in [4.78, 5) is 40.3. The predicted octanol–water partition coefficient (Wildman–Crippen LogP) is 3.69. The summed E-state index contributed by atoms with van der Waals surface area (Å²) in [5.41, 5.74) is 0.663. The molecule has 2 heterocycles. The third-order valence-corrected chi connectivity index (χ3v) is 5.88. The molecule has 0 radical (unpaired) electrons. The Labute approximate surface area is 202 Å². The Bertz CT molecular complexity index is 594. The van der Waals surface area contributed by atoms with Crippen LogP contribution in [-0.4, -0.2) is 84.8 Å². The molecule has 2 aliphatic rings. The van der Waals surface area contributed by atoms with Crippen molar-refractivity contribution >= 4 is 18.2 Å². The number of likely N-dealkylation sites (N-methyl/N-ethyl adjacent to an activating group) is 1. The lowest BCUT2D eigenvalue weighted by atomic mass is 9.99. The van der Waals surface area contributed by atoms with E-state index >= 15 is 0 Å². The van der Waals surface area contributed by atoms with Gasteiger partial charge in [0.05, 0.1) is 12.6 Å². The molecule has 7 nitrogen and oxygen atoms in total. The topological polar surface area (TPSA) is 73.0 Å². The normalized spacial score (nSPS) is 17.2. The molecule has 33 heavy (non-hydrogen) atoms. The molecule has 0 aromatic heterocycles. The SMILES string of the molecule is C/C(=C\[C@H](C(C)C)N(C)C(=O)CNC=O)C(=O)N1CCC1.CC(C)N1CCCCC1.CCC. The Kier molecular flexibility index (Phi) is 16.6. The van der Waals surface area contributed by atoms with Crippen LogP contribution in [0.2, 0.25) is 0 Å². The summed E-state index contributed by atoms with van der Waals surface area (Å²) < 4.78 is 0. The molecule has 0 spiro atoms. The van der Waals surface area contributed by atoms with Crippen molar-refractivity contribution in [1.29, 1.82) is 0 Å². The number of nitrogens with one attached hydrogen (secondary N) is 1. The molecule has 1 atom stereocenters. The number of hydrogen-bond donors (Lipinski definition) is 1. The van der Waals surface area contributed by atoms with Crippen molar-refractivity contribution in [3.63, 3.8) is 0 Å². The number of hydrogen-bond acceptors (Lipinski definition) is 4. The summed E-state index contributed by atoms with van der Waals surface area (Å²) in [6.07, 6.45) is 8.94. The Hall–Kier alpha value is -1.89. The lowest BCUT2D eigenvalue weighted by molar-refractivity contribution is -0.132. The van der Waals surface area contributed by atoms with Crippen LogP contribution in [0, 0.1) is 5.92 Å². The fourth-order valence-corrected chi connectivity index (χ4v) is 3.70. The van der Waals surface area contributed by atoms with Crippen molar-refractivity contribution in [3.8, 4) is 0 Å². The van der Waals surface area contributed by atoms with Crippen molar-refractivity contribution in [2.45, 2.75) is 92.7 Å². The first-order chi connectivity index (χ1) is 15.6. The molecule has 0 bridgehead atoms. The Morgan fingerprint density at radius 2 is 1.52 bits per heavy atom. The lowest BCUT2D eigenvalue weighted by Crippen LogP contribution is -2.45. The van der Waals surface area contributed by atoms with Crippen molar-refractivity contribution in [1.82, 2.24) is 20.0 Å². The van der Waals surface area contributed by atoms with E-state index < -0.39 is 0 Å². The van der Waals surface area contributed by atoms with Crippen molar-refractivity contribution < 1.29 is 14.4 Å². The highest BCUT2D eigenvalue weighted by molar-refractivity contribution is 5.93. The quantitative estimate of drug-likeness (QED) is 0.437. The van der Waals surface area contributed by atoms with E-state index in [1.165, 1.54) is 38.8 Å². The number of carbonyl (C=O) groups excluding carboxylic acids is 3. The minimum absolute atomic E-state index is 0.0316. The zero-order chi connectivity index (χ0) is 25.4. The van der Waals surface area contributed by atoms with Gasteiger partial charge in [-0.1, -0.05) is 46.6 Å². The molecule has 1 N–H and O–H groups in total. The number of nitrogens with zero attached hydrogens (tertiary/aromatic N) is 3. The Balaban J connectivity index is 0.000000701. The summed E-state index contributed by atoms with van der Waals surface area (Å²) >= 11 is 0. The van der Waals surface area contributed by atoms with Gasteiger partial charge in [0.2, 0.25) is 18.2 Å². The second-order valence-corrected chi connectivity index (χ2v) is 9.63. The summed E-state index contributed by atoms with van der Waals surface area (Å²) in [5.74, 6) is 0.0364. The molecule has 2 fully saturated rings. The molecule has 192 valence electrons. The molecule has 2 aliphatic heterocycles. The fraction of sp³-hybridized carbons (Fsp3) is 0.808. The molecule has 0 aromatic rings. The van der Waals surface area contributed by atoms with Crippen LogP contribution in [0.1, 0.15) is 80.6 Å². The summed E-state index contributed by atoms with van der Waals surface area (Å²) in [6.45, 7) is 18.9. The zero-order valence-electron chi connectivity index (χ0n) is 22.5. The Morgan fingerprint density at radius 3 is 1.88 bits per heavy atom. The average Bonchev–Trinajstić information content (AvgIpc) is 2.75. The van der Waals surface area contributed by atoms with E-state index in [-0.39, 0.29) is 30.3 Å². The molecule has 2 saturated heterocycles. The van der Waals surface area contributed by atoms with Crippen LogP contribution >= 0.6 is 0 Å². The molecule has 0 unspecified atom stereocenters. The van der Waals surface area contributed by atoms with Crippen LogP contribution in [0.25, 0.3) is 0 Å². The van der Waals surface area contributed by atoms with Gasteiger partial charge in [-0.15, -0.1) is 0 Å². The van der Waals surface area contributed by atoms with Crippen LogP contribution in [-0.2, 0) is 14.4 Å². The fourth-order valence-electron chi connectivity index (χ4n) is 3.70. The van der Waals surface area contributed by atoms with Crippen molar-refractivity contribution in [2.75, 3.05) is 39.8 Å². The van der Waals surface area contributed by atoms with Gasteiger partial charge in [0.1, 0.15) is 0 Å². The predicted molar refractivity (Wildman–Crippen MR) is 137 cm³/mol. The molecule has 3 amide bonds. The number of likely N-dealkylation sites (tertiary alicyclic amines) is 2. The maximum Gasteiger partial charge on any atom is 0.249 e. The third kappa shape index (κ3) is 12.2. The smallest absolute Gasteiger partial charge is 0.249 e. The van der Waals surface area contributed by atoms with E-state index in [4.69, 9.17) is 0 Å². The first-order valence-corrected chi connectivity index (χ1v) is 12.7. The van der Waals surface area contributed by atoms with Crippen molar-refractivity contribution in [2.24, 2.45) is 5.92 Å². The molecular formula is C26H50N4O3. The van der Waals surface area contributed by atoms with E-state index in [2.05, 4.69) is 37.9 Å². The first kappa shape index (κ1) is 31.1. The van der Waals surface area contributed by atoms with Gasteiger partial charge in [0, 0.05) is 31.8 Å². The molecular weight excluding hydrogens is 416 g/mol. The van der Waals surface area contributed by atoms with Crippen LogP contribution in [0.15, 0.2) is 11.6 Å². The van der Waals surface area contributed by atoms with E-state index in [0.29, 0.717) is 12.0 Å². The Morgan fingerprint density at radius 1 is 0.970 bits per heavy atom. The second kappa shape index (κ2) is 17.6. The van der Waals surface area contributed by atoms with Crippen molar-refractivity contribution in [3.05, 3.63) is 11.6 Å². The molecule has 2 rings (SSSR count). The number of rotatable bonds is 8. The number of amides is 3. The maximum atomic E-state index is 12.1. The number of carbonyl (C=O) groups is 3. The number of piperidine rings is 1. The van der Waals surface area contributed by atoms with Gasteiger partial charge >= 0.3 is 0 Å². The average molecular weight is 467 g/mol. The van der Waals surface area contributed by atoms with Gasteiger partial charge in [0.25, 0.3) is 0 Å². The standard InChI is InChI=1S/C15H25N3O3.C8H17N.C3H8/c1-11(2)13(17(4)14(20)9-16-10-19)8-12(3)15(21)18-6-5-7-18;1-8(2)9-6-4-3-5-7-9;1-3-2/h8,10-11,13H,5-7,9H2,1-4H3,(H,16,19);8H,3-7H2,1-2H3;3H2,1-2H3/b12-8+;;/t13-;;/m1../s1. The van der Waals surface area contributed by atoms with E-state index in [1.54, 1.807) is 23.8 Å². The molecule has 0 aromatic carbocycles. The van der Waals surface area contributed by atoms with E-state index in [9.17, 15) is 14.4 Å². The van der Waals surface area contributed by atoms with Crippen LogP contribution < -0.4 is 5.32 Å². The van der Waals surface area contributed by atoms with E-state index in [1.807, 2.05) is 19.9 Å². The van der Waals surface area contributed by atoms with Gasteiger partial charge in [0.15, 0.2) is 0 Å². The summed E-state index contributed by atoms with van der Waals surface area (Å²) in [6, 6.07) is 0.599. The maximum absolute atomic E-state index is 12.1. The second-order valence-electron chi connectivity index (χ2n) is 9.63. The van der Waals surface area contributed by atoms with Gasteiger partial charge < -0.3 is 20.0 Å². The van der Waals surface area contributed by atoms with Gasteiger partial charge in [-0.2, -0.15) is 0 Å².